The topological polar surface area (TPSA) is 110 Å². The highest BCUT2D eigenvalue weighted by molar-refractivity contribution is 6.30. The first-order valence-electron chi connectivity index (χ1n) is 9.55. The van der Waals surface area contributed by atoms with E-state index in [0.29, 0.717) is 27.1 Å². The lowest BCUT2D eigenvalue weighted by atomic mass is 9.99. The molecule has 0 aliphatic rings. The second-order valence-electron chi connectivity index (χ2n) is 7.16. The molecule has 0 unspecified atom stereocenters. The lowest BCUT2D eigenvalue weighted by Gasteiger charge is -2.09. The number of amides is 1. The molecule has 7 nitrogen and oxygen atoms in total. The molecule has 2 N–H and O–H groups in total. The van der Waals surface area contributed by atoms with Gasteiger partial charge >= 0.3 is 11.6 Å². The van der Waals surface area contributed by atoms with E-state index in [1.54, 1.807) is 31.4 Å². The summed E-state index contributed by atoms with van der Waals surface area (Å²) in [6.45, 7) is 1.75. The molecule has 2 heterocycles. The zero-order chi connectivity index (χ0) is 22.1. The van der Waals surface area contributed by atoms with Gasteiger partial charge in [-0.1, -0.05) is 23.7 Å². The Kier molecular flexibility index (Phi) is 5.52. The molecule has 0 radical (unpaired) electrons. The number of benzene rings is 2. The van der Waals surface area contributed by atoms with E-state index in [0.717, 1.165) is 16.5 Å². The predicted molar refractivity (Wildman–Crippen MR) is 116 cm³/mol. The summed E-state index contributed by atoms with van der Waals surface area (Å²) in [5.74, 6) is -1.45. The minimum absolute atomic E-state index is 0.00772. The van der Waals surface area contributed by atoms with Gasteiger partial charge in [0.05, 0.1) is 24.7 Å². The lowest BCUT2D eigenvalue weighted by Crippen LogP contribution is -2.29. The Morgan fingerprint density at radius 1 is 1.10 bits per heavy atom. The summed E-state index contributed by atoms with van der Waals surface area (Å²) >= 11 is 5.98. The molecule has 0 bridgehead atoms. The normalized spacial score (nSPS) is 11.2. The average Bonchev–Trinajstić information content (AvgIpc) is 3.13. The number of rotatable bonds is 6. The van der Waals surface area contributed by atoms with Gasteiger partial charge in [-0.15, -0.1) is 0 Å². The second kappa shape index (κ2) is 8.28. The number of carbonyl (C=O) groups is 2. The van der Waals surface area contributed by atoms with Gasteiger partial charge in [-0.25, -0.2) is 4.79 Å². The first kappa shape index (κ1) is 20.7. The first-order valence-corrected chi connectivity index (χ1v) is 9.93. The number of halogens is 1. The molecule has 0 aliphatic carbocycles. The van der Waals surface area contributed by atoms with Gasteiger partial charge in [0.1, 0.15) is 11.2 Å². The van der Waals surface area contributed by atoms with Crippen molar-refractivity contribution in [2.24, 2.45) is 0 Å². The van der Waals surface area contributed by atoms with Crippen LogP contribution in [0.3, 0.4) is 0 Å². The highest BCUT2D eigenvalue weighted by atomic mass is 35.5. The summed E-state index contributed by atoms with van der Waals surface area (Å²) in [6.07, 6.45) is 1.25. The molecule has 4 aromatic rings. The fraction of sp³-hybridized carbons (Fsp3) is 0.174. The van der Waals surface area contributed by atoms with Crippen LogP contribution in [0.5, 0.6) is 0 Å². The minimum Gasteiger partial charge on any atom is -0.481 e. The standard InChI is InChI=1S/C23H18ClNO6/c1-12-15-8-17-18(13-2-4-14(24)5-3-13)11-30-19(17)10-20(15)31-23(29)16(12)9-21(26)25-7-6-22(27)28/h2-5,8,10-11H,6-7,9H2,1H3,(H,25,26)(H,27,28). The van der Waals surface area contributed by atoms with Gasteiger partial charge in [-0.2, -0.15) is 0 Å². The molecular formula is C23H18ClNO6. The van der Waals surface area contributed by atoms with Crippen LogP contribution in [0, 0.1) is 6.92 Å². The summed E-state index contributed by atoms with van der Waals surface area (Å²) < 4.78 is 11.1. The number of furan rings is 1. The number of aryl methyl sites for hydroxylation is 1. The van der Waals surface area contributed by atoms with E-state index in [1.807, 2.05) is 18.2 Å². The number of nitrogens with one attached hydrogen (secondary N) is 1. The molecule has 2 aromatic carbocycles. The van der Waals surface area contributed by atoms with E-state index in [-0.39, 0.29) is 24.9 Å². The zero-order valence-corrected chi connectivity index (χ0v) is 17.3. The maximum Gasteiger partial charge on any atom is 0.340 e. The van der Waals surface area contributed by atoms with Gasteiger partial charge in [0.15, 0.2) is 0 Å². The van der Waals surface area contributed by atoms with Crippen molar-refractivity contribution in [2.75, 3.05) is 6.54 Å². The highest BCUT2D eigenvalue weighted by Crippen LogP contribution is 2.35. The van der Waals surface area contributed by atoms with Gasteiger partial charge in [0.2, 0.25) is 5.91 Å². The van der Waals surface area contributed by atoms with Crippen LogP contribution < -0.4 is 10.9 Å². The molecule has 0 atom stereocenters. The SMILES string of the molecule is Cc1c(CC(=O)NCCC(=O)O)c(=O)oc2cc3occ(-c4ccc(Cl)cc4)c3cc12. The van der Waals surface area contributed by atoms with Crippen molar-refractivity contribution in [1.29, 1.82) is 0 Å². The third-order valence-electron chi connectivity index (χ3n) is 5.14. The number of hydrogen-bond acceptors (Lipinski definition) is 5. The van der Waals surface area contributed by atoms with Crippen LogP contribution >= 0.6 is 11.6 Å². The van der Waals surface area contributed by atoms with Gasteiger partial charge in [-0.3, -0.25) is 9.59 Å². The fourth-order valence-corrected chi connectivity index (χ4v) is 3.63. The Hall–Kier alpha value is -3.58. The van der Waals surface area contributed by atoms with Crippen molar-refractivity contribution >= 4 is 45.4 Å². The van der Waals surface area contributed by atoms with Crippen LogP contribution in [0.15, 0.2) is 56.3 Å². The van der Waals surface area contributed by atoms with Gasteiger partial charge in [0.25, 0.3) is 0 Å². The van der Waals surface area contributed by atoms with Gasteiger partial charge < -0.3 is 19.3 Å². The smallest absolute Gasteiger partial charge is 0.340 e. The second-order valence-corrected chi connectivity index (χ2v) is 7.60. The van der Waals surface area contributed by atoms with Crippen molar-refractivity contribution < 1.29 is 23.5 Å². The number of carboxylic acids is 1. The van der Waals surface area contributed by atoms with Crippen molar-refractivity contribution in [3.8, 4) is 11.1 Å². The van der Waals surface area contributed by atoms with Crippen LogP contribution in [0.2, 0.25) is 5.02 Å². The maximum absolute atomic E-state index is 12.5. The van der Waals surface area contributed by atoms with E-state index in [4.69, 9.17) is 25.5 Å². The molecular weight excluding hydrogens is 422 g/mol. The van der Waals surface area contributed by atoms with E-state index in [2.05, 4.69) is 5.32 Å². The Balaban J connectivity index is 1.74. The van der Waals surface area contributed by atoms with Crippen molar-refractivity contribution in [3.05, 3.63) is 69.2 Å². The monoisotopic (exact) mass is 439 g/mol. The van der Waals surface area contributed by atoms with Gasteiger partial charge in [-0.05, 0) is 36.2 Å². The van der Waals surface area contributed by atoms with E-state index >= 15 is 0 Å². The maximum atomic E-state index is 12.5. The van der Waals surface area contributed by atoms with Crippen LogP contribution in [0.25, 0.3) is 33.1 Å². The predicted octanol–water partition coefficient (Wildman–Crippen LogP) is 4.30. The van der Waals surface area contributed by atoms with E-state index in [1.165, 1.54) is 0 Å². The quantitative estimate of drug-likeness (QED) is 0.433. The van der Waals surface area contributed by atoms with Crippen LogP contribution in [0.1, 0.15) is 17.5 Å². The molecule has 0 saturated carbocycles. The summed E-state index contributed by atoms with van der Waals surface area (Å²) in [5.41, 5.74) is 2.98. The Morgan fingerprint density at radius 2 is 1.84 bits per heavy atom. The number of carboxylic acid groups (broad SMARTS) is 1. The third kappa shape index (κ3) is 4.18. The van der Waals surface area contributed by atoms with Crippen molar-refractivity contribution in [2.45, 2.75) is 19.8 Å². The van der Waals surface area contributed by atoms with Crippen LogP contribution in [0.4, 0.5) is 0 Å². The number of aliphatic carboxylic acids is 1. The first-order chi connectivity index (χ1) is 14.8. The van der Waals surface area contributed by atoms with Crippen molar-refractivity contribution in [1.82, 2.24) is 5.32 Å². The number of carbonyl (C=O) groups excluding carboxylic acids is 1. The molecule has 158 valence electrons. The van der Waals surface area contributed by atoms with Crippen LogP contribution in [-0.4, -0.2) is 23.5 Å². The molecule has 0 fully saturated rings. The Morgan fingerprint density at radius 3 is 2.55 bits per heavy atom. The fourth-order valence-electron chi connectivity index (χ4n) is 3.50. The molecule has 0 saturated heterocycles. The molecule has 1 amide bonds. The lowest BCUT2D eigenvalue weighted by molar-refractivity contribution is -0.136. The molecule has 8 heteroatoms. The van der Waals surface area contributed by atoms with E-state index < -0.39 is 17.5 Å². The minimum atomic E-state index is -1.01. The molecule has 0 aliphatic heterocycles. The zero-order valence-electron chi connectivity index (χ0n) is 16.5. The Labute approximate surface area is 181 Å². The highest BCUT2D eigenvalue weighted by Gasteiger charge is 2.18. The van der Waals surface area contributed by atoms with Crippen LogP contribution in [-0.2, 0) is 16.0 Å². The Bertz CT molecular complexity index is 1370. The summed E-state index contributed by atoms with van der Waals surface area (Å²) in [6, 6.07) is 10.9. The number of fused-ring (bicyclic) bond motifs is 2. The largest absolute Gasteiger partial charge is 0.481 e. The van der Waals surface area contributed by atoms with E-state index in [9.17, 15) is 14.4 Å². The van der Waals surface area contributed by atoms with Gasteiger partial charge in [0, 0.05) is 34.0 Å². The molecule has 2 aromatic heterocycles. The number of hydrogen-bond donors (Lipinski definition) is 2. The molecule has 31 heavy (non-hydrogen) atoms. The summed E-state index contributed by atoms with van der Waals surface area (Å²) in [4.78, 5) is 35.2. The summed E-state index contributed by atoms with van der Waals surface area (Å²) in [5, 5.41) is 13.3. The molecule has 4 rings (SSSR count). The molecule has 0 spiro atoms. The third-order valence-corrected chi connectivity index (χ3v) is 5.39. The summed E-state index contributed by atoms with van der Waals surface area (Å²) in [7, 11) is 0. The average molecular weight is 440 g/mol. The van der Waals surface area contributed by atoms with Crippen molar-refractivity contribution in [3.63, 3.8) is 0 Å².